The molecular formula is C17H23ClF3N3O2. The number of likely N-dealkylation sites (tertiary alicyclic amines) is 1. The minimum absolute atomic E-state index is 0.0134. The van der Waals surface area contributed by atoms with Gasteiger partial charge in [0.25, 0.3) is 0 Å². The number of hydrogen-bond acceptors (Lipinski definition) is 4. The highest BCUT2D eigenvalue weighted by molar-refractivity contribution is 6.32. The fourth-order valence-corrected chi connectivity index (χ4v) is 2.96. The van der Waals surface area contributed by atoms with Gasteiger partial charge >= 0.3 is 12.3 Å². The van der Waals surface area contributed by atoms with Crippen LogP contribution in [0.1, 0.15) is 32.3 Å². The molecule has 0 aromatic heterocycles. The maximum atomic E-state index is 12.8. The maximum absolute atomic E-state index is 12.8. The number of ether oxygens (including phenoxy) is 1. The molecule has 9 heteroatoms. The van der Waals surface area contributed by atoms with Gasteiger partial charge in [0.05, 0.1) is 28.6 Å². The summed E-state index contributed by atoms with van der Waals surface area (Å²) in [5.41, 5.74) is 5.14. The van der Waals surface area contributed by atoms with Gasteiger partial charge in [-0.25, -0.2) is 4.79 Å². The molecule has 0 spiro atoms. The van der Waals surface area contributed by atoms with Gasteiger partial charge in [0.2, 0.25) is 0 Å². The second-order valence-corrected chi connectivity index (χ2v) is 7.20. The topological polar surface area (TPSA) is 67.6 Å². The Labute approximate surface area is 155 Å². The first-order chi connectivity index (χ1) is 12.1. The molecule has 1 aliphatic heterocycles. The highest BCUT2D eigenvalue weighted by Crippen LogP contribution is 2.39. The van der Waals surface area contributed by atoms with E-state index in [1.807, 2.05) is 13.8 Å². The third-order valence-corrected chi connectivity index (χ3v) is 4.41. The van der Waals surface area contributed by atoms with Crippen molar-refractivity contribution in [3.05, 3.63) is 22.7 Å². The predicted molar refractivity (Wildman–Crippen MR) is 95.3 cm³/mol. The quantitative estimate of drug-likeness (QED) is 0.733. The molecule has 0 saturated carbocycles. The van der Waals surface area contributed by atoms with E-state index >= 15 is 0 Å². The lowest BCUT2D eigenvalue weighted by molar-refractivity contribution is -0.137. The van der Waals surface area contributed by atoms with Crippen LogP contribution in [0.25, 0.3) is 0 Å². The van der Waals surface area contributed by atoms with Gasteiger partial charge < -0.3 is 20.7 Å². The van der Waals surface area contributed by atoms with E-state index < -0.39 is 16.8 Å². The zero-order chi connectivity index (χ0) is 19.5. The first-order valence-electron chi connectivity index (χ1n) is 8.42. The number of nitrogen functional groups attached to an aromatic ring is 1. The highest BCUT2D eigenvalue weighted by Gasteiger charge is 2.34. The molecule has 26 heavy (non-hydrogen) atoms. The van der Waals surface area contributed by atoms with E-state index in [1.54, 1.807) is 4.90 Å². The highest BCUT2D eigenvalue weighted by atomic mass is 35.5. The number of alkyl halides is 3. The molecule has 1 amide bonds. The number of anilines is 2. The van der Waals surface area contributed by atoms with E-state index in [4.69, 9.17) is 22.1 Å². The molecule has 2 rings (SSSR count). The number of amides is 1. The van der Waals surface area contributed by atoms with Gasteiger partial charge in [-0.3, -0.25) is 0 Å². The Balaban J connectivity index is 1.93. The lowest BCUT2D eigenvalue weighted by Gasteiger charge is -2.32. The van der Waals surface area contributed by atoms with Crippen molar-refractivity contribution in [2.45, 2.75) is 38.9 Å². The van der Waals surface area contributed by atoms with E-state index in [2.05, 4.69) is 5.32 Å². The fourth-order valence-electron chi connectivity index (χ4n) is 2.69. The Kier molecular flexibility index (Phi) is 6.49. The number of nitrogens with one attached hydrogen (secondary N) is 1. The predicted octanol–water partition coefficient (Wildman–Crippen LogP) is 4.61. The van der Waals surface area contributed by atoms with E-state index in [-0.39, 0.29) is 23.7 Å². The van der Waals surface area contributed by atoms with Gasteiger partial charge in [-0.2, -0.15) is 13.2 Å². The summed E-state index contributed by atoms with van der Waals surface area (Å²) in [6.45, 7) is 5.30. The molecule has 146 valence electrons. The number of benzene rings is 1. The van der Waals surface area contributed by atoms with Crippen LogP contribution in [0.15, 0.2) is 12.1 Å². The Morgan fingerprint density at radius 1 is 1.38 bits per heavy atom. The van der Waals surface area contributed by atoms with E-state index in [1.165, 1.54) is 6.07 Å². The molecule has 1 aromatic rings. The number of carbonyl (C=O) groups excluding carboxylic acids is 1. The van der Waals surface area contributed by atoms with E-state index in [0.29, 0.717) is 38.2 Å². The molecule has 1 fully saturated rings. The fraction of sp³-hybridized carbons (Fsp3) is 0.588. The third kappa shape index (κ3) is 5.33. The van der Waals surface area contributed by atoms with Crippen LogP contribution in [-0.2, 0) is 10.9 Å². The van der Waals surface area contributed by atoms with Gasteiger partial charge in [0, 0.05) is 19.1 Å². The summed E-state index contributed by atoms with van der Waals surface area (Å²) in [6, 6.07) is 2.02. The van der Waals surface area contributed by atoms with Gasteiger partial charge in [-0.1, -0.05) is 25.4 Å². The molecule has 0 radical (unpaired) electrons. The number of carbonyl (C=O) groups is 1. The maximum Gasteiger partial charge on any atom is 0.417 e. The van der Waals surface area contributed by atoms with Gasteiger partial charge in [-0.15, -0.1) is 0 Å². The Morgan fingerprint density at radius 2 is 2.00 bits per heavy atom. The molecule has 1 saturated heterocycles. The lowest BCUT2D eigenvalue weighted by Crippen LogP contribution is -2.43. The van der Waals surface area contributed by atoms with Crippen LogP contribution in [-0.4, -0.2) is 36.7 Å². The molecule has 1 aliphatic rings. The van der Waals surface area contributed by atoms with Crippen molar-refractivity contribution in [1.29, 1.82) is 0 Å². The average Bonchev–Trinajstić information content (AvgIpc) is 2.55. The SMILES string of the molecule is CC(C)COC(=O)N1CCC(Nc2cc(Cl)c(C(F)(F)F)cc2N)CC1. The summed E-state index contributed by atoms with van der Waals surface area (Å²) >= 11 is 5.74. The average molecular weight is 394 g/mol. The molecule has 1 heterocycles. The second kappa shape index (κ2) is 8.24. The molecule has 5 nitrogen and oxygen atoms in total. The van der Waals surface area contributed by atoms with Crippen molar-refractivity contribution >= 4 is 29.1 Å². The smallest absolute Gasteiger partial charge is 0.417 e. The lowest BCUT2D eigenvalue weighted by atomic mass is 10.0. The summed E-state index contributed by atoms with van der Waals surface area (Å²) in [5.74, 6) is 0.269. The molecule has 0 atom stereocenters. The standard InChI is InChI=1S/C17H23ClF3N3O2/c1-10(2)9-26-16(25)24-5-3-11(4-6-24)23-15-8-13(18)12(7-14(15)22)17(19,20)21/h7-8,10-11,23H,3-6,9,22H2,1-2H3. The number of nitrogens with two attached hydrogens (primary N) is 1. The van der Waals surface area contributed by atoms with Crippen LogP contribution in [0.5, 0.6) is 0 Å². The van der Waals surface area contributed by atoms with Gasteiger partial charge in [0.15, 0.2) is 0 Å². The van der Waals surface area contributed by atoms with Crippen LogP contribution < -0.4 is 11.1 Å². The molecular weight excluding hydrogens is 371 g/mol. The van der Waals surface area contributed by atoms with Crippen molar-refractivity contribution in [1.82, 2.24) is 4.90 Å². The first kappa shape index (κ1) is 20.5. The monoisotopic (exact) mass is 393 g/mol. The Bertz CT molecular complexity index is 645. The Hall–Kier alpha value is -1.83. The minimum atomic E-state index is -4.55. The van der Waals surface area contributed by atoms with Gasteiger partial charge in [-0.05, 0) is 30.9 Å². The minimum Gasteiger partial charge on any atom is -0.449 e. The molecule has 3 N–H and O–H groups in total. The molecule has 0 bridgehead atoms. The van der Waals surface area contributed by atoms with Crippen molar-refractivity contribution in [2.24, 2.45) is 5.92 Å². The largest absolute Gasteiger partial charge is 0.449 e. The van der Waals surface area contributed by atoms with Crippen molar-refractivity contribution < 1.29 is 22.7 Å². The zero-order valence-corrected chi connectivity index (χ0v) is 15.5. The van der Waals surface area contributed by atoms with E-state index in [9.17, 15) is 18.0 Å². The summed E-state index contributed by atoms with van der Waals surface area (Å²) in [7, 11) is 0. The van der Waals surface area contributed by atoms with Crippen molar-refractivity contribution in [3.63, 3.8) is 0 Å². The summed E-state index contributed by atoms with van der Waals surface area (Å²) in [4.78, 5) is 13.6. The van der Waals surface area contributed by atoms with Crippen LogP contribution in [0.3, 0.4) is 0 Å². The zero-order valence-electron chi connectivity index (χ0n) is 14.7. The molecule has 1 aromatic carbocycles. The number of halogens is 4. The van der Waals surface area contributed by atoms with Gasteiger partial charge in [0.1, 0.15) is 0 Å². The van der Waals surface area contributed by atoms with E-state index in [0.717, 1.165) is 6.07 Å². The van der Waals surface area contributed by atoms with Crippen LogP contribution >= 0.6 is 11.6 Å². The third-order valence-electron chi connectivity index (χ3n) is 4.10. The normalized spacial score (nSPS) is 16.0. The van der Waals surface area contributed by atoms with Crippen molar-refractivity contribution in [3.8, 4) is 0 Å². The van der Waals surface area contributed by atoms with Crippen LogP contribution in [0.2, 0.25) is 5.02 Å². The molecule has 0 aliphatic carbocycles. The summed E-state index contributed by atoms with van der Waals surface area (Å²) in [6.07, 6.45) is -3.62. The summed E-state index contributed by atoms with van der Waals surface area (Å²) in [5, 5.41) is 2.72. The number of hydrogen-bond donors (Lipinski definition) is 2. The summed E-state index contributed by atoms with van der Waals surface area (Å²) < 4.78 is 43.7. The molecule has 0 unspecified atom stereocenters. The van der Waals surface area contributed by atoms with Crippen LogP contribution in [0.4, 0.5) is 29.3 Å². The second-order valence-electron chi connectivity index (χ2n) is 6.79. The number of rotatable bonds is 4. The van der Waals surface area contributed by atoms with Crippen molar-refractivity contribution in [2.75, 3.05) is 30.7 Å². The first-order valence-corrected chi connectivity index (χ1v) is 8.80. The number of piperidine rings is 1. The Morgan fingerprint density at radius 3 is 2.54 bits per heavy atom. The van der Waals surface area contributed by atoms with Crippen LogP contribution in [0, 0.1) is 5.92 Å². The number of nitrogens with zero attached hydrogens (tertiary/aromatic N) is 1.